The quantitative estimate of drug-likeness (QED) is 0.747. The van der Waals surface area contributed by atoms with Crippen molar-refractivity contribution in [1.82, 2.24) is 9.97 Å². The molecule has 3 heterocycles. The Morgan fingerprint density at radius 3 is 2.33 bits per heavy atom. The van der Waals surface area contributed by atoms with Crippen molar-refractivity contribution in [3.05, 3.63) is 83.2 Å². The van der Waals surface area contributed by atoms with Crippen LogP contribution >= 0.6 is 0 Å². The number of hydrogen-bond donors (Lipinski definition) is 1. The van der Waals surface area contributed by atoms with Crippen LogP contribution in [0.5, 0.6) is 0 Å². The van der Waals surface area contributed by atoms with E-state index in [0.717, 1.165) is 35.6 Å². The van der Waals surface area contributed by atoms with Gasteiger partial charge in [-0.1, -0.05) is 38.1 Å². The summed E-state index contributed by atoms with van der Waals surface area (Å²) < 4.78 is 0. The van der Waals surface area contributed by atoms with Crippen LogP contribution in [0.4, 0.5) is 11.6 Å². The lowest BCUT2D eigenvalue weighted by molar-refractivity contribution is 1.11. The number of pyridine rings is 2. The highest BCUT2D eigenvalue weighted by Crippen LogP contribution is 2.23. The first-order valence-corrected chi connectivity index (χ1v) is 9.21. The summed E-state index contributed by atoms with van der Waals surface area (Å²) in [5.74, 6) is 2.89. The molecule has 27 heavy (non-hydrogen) atoms. The van der Waals surface area contributed by atoms with Gasteiger partial charge in [-0.15, -0.1) is 0 Å². The number of hydrogen-bond acceptors (Lipinski definition) is 4. The summed E-state index contributed by atoms with van der Waals surface area (Å²) in [6, 6.07) is 16.2. The van der Waals surface area contributed by atoms with Crippen LogP contribution in [0.15, 0.2) is 70.9 Å². The molecule has 5 nitrogen and oxygen atoms in total. The molecule has 134 valence electrons. The molecular formula is C22H21N5. The average molecular weight is 355 g/mol. The molecule has 1 aliphatic rings. The molecule has 5 heteroatoms. The second-order valence-corrected chi connectivity index (χ2v) is 6.35. The van der Waals surface area contributed by atoms with E-state index in [-0.39, 0.29) is 0 Å². The summed E-state index contributed by atoms with van der Waals surface area (Å²) in [6.07, 6.45) is 5.53. The number of aromatic nitrogens is 2. The molecule has 0 spiro atoms. The van der Waals surface area contributed by atoms with Crippen LogP contribution in [0.25, 0.3) is 0 Å². The molecule has 3 aromatic rings. The zero-order chi connectivity index (χ0) is 18.6. The van der Waals surface area contributed by atoms with Gasteiger partial charge in [-0.3, -0.25) is 0 Å². The average Bonchev–Trinajstić information content (AvgIpc) is 3.05. The lowest BCUT2D eigenvalue weighted by atomic mass is 10.1. The Morgan fingerprint density at radius 1 is 0.852 bits per heavy atom. The topological polar surface area (TPSA) is 62.5 Å². The predicted molar refractivity (Wildman–Crippen MR) is 110 cm³/mol. The fraction of sp³-hybridized carbons (Fsp3) is 0.182. The lowest BCUT2D eigenvalue weighted by Crippen LogP contribution is -2.12. The maximum atomic E-state index is 4.73. The van der Waals surface area contributed by atoms with Gasteiger partial charge in [-0.25, -0.2) is 20.0 Å². The van der Waals surface area contributed by atoms with E-state index in [1.807, 2.05) is 54.7 Å². The molecule has 0 aliphatic carbocycles. The van der Waals surface area contributed by atoms with Gasteiger partial charge in [0.15, 0.2) is 11.7 Å². The Balaban J connectivity index is 1.71. The van der Waals surface area contributed by atoms with E-state index in [9.17, 15) is 0 Å². The van der Waals surface area contributed by atoms with Crippen LogP contribution < -0.4 is 5.32 Å². The van der Waals surface area contributed by atoms with Gasteiger partial charge in [0.1, 0.15) is 11.7 Å². The first kappa shape index (κ1) is 17.1. The zero-order valence-electron chi connectivity index (χ0n) is 15.5. The van der Waals surface area contributed by atoms with Crippen molar-refractivity contribution < 1.29 is 0 Å². The molecule has 0 bridgehead atoms. The fourth-order valence-corrected chi connectivity index (χ4v) is 3.03. The number of anilines is 1. The molecule has 0 saturated heterocycles. The van der Waals surface area contributed by atoms with Crippen LogP contribution in [-0.4, -0.2) is 21.6 Å². The highest BCUT2D eigenvalue weighted by molar-refractivity contribution is 6.26. The van der Waals surface area contributed by atoms with Crippen LogP contribution in [0.3, 0.4) is 0 Å². The molecule has 0 radical (unpaired) electrons. The van der Waals surface area contributed by atoms with E-state index in [1.165, 1.54) is 11.1 Å². The molecule has 0 saturated carbocycles. The van der Waals surface area contributed by atoms with Crippen molar-refractivity contribution in [2.75, 3.05) is 5.32 Å². The van der Waals surface area contributed by atoms with Gasteiger partial charge in [-0.05, 0) is 48.2 Å². The Labute approximate surface area is 159 Å². The van der Waals surface area contributed by atoms with E-state index in [1.54, 1.807) is 6.20 Å². The van der Waals surface area contributed by atoms with Crippen molar-refractivity contribution in [3.63, 3.8) is 0 Å². The molecule has 2 aromatic heterocycles. The second-order valence-electron chi connectivity index (χ2n) is 6.35. The molecule has 1 aromatic carbocycles. The third-order valence-corrected chi connectivity index (χ3v) is 4.56. The minimum atomic E-state index is 0.667. The molecule has 1 aliphatic heterocycles. The monoisotopic (exact) mass is 355 g/mol. The van der Waals surface area contributed by atoms with Crippen LogP contribution in [0, 0.1) is 0 Å². The predicted octanol–water partition coefficient (Wildman–Crippen LogP) is 4.55. The fourth-order valence-electron chi connectivity index (χ4n) is 3.03. The Kier molecular flexibility index (Phi) is 4.75. The number of aliphatic imine (C=N–C) groups is 2. The van der Waals surface area contributed by atoms with Gasteiger partial charge >= 0.3 is 0 Å². The van der Waals surface area contributed by atoms with E-state index < -0.39 is 0 Å². The van der Waals surface area contributed by atoms with Crippen molar-refractivity contribution in [1.29, 1.82) is 0 Å². The zero-order valence-corrected chi connectivity index (χ0v) is 15.5. The Morgan fingerprint density at radius 2 is 1.56 bits per heavy atom. The highest BCUT2D eigenvalue weighted by atomic mass is 15.1. The summed E-state index contributed by atoms with van der Waals surface area (Å²) in [5.41, 5.74) is 4.45. The van der Waals surface area contributed by atoms with Gasteiger partial charge in [-0.2, -0.15) is 0 Å². The lowest BCUT2D eigenvalue weighted by Gasteiger charge is -2.07. The first-order chi connectivity index (χ1) is 13.3. The summed E-state index contributed by atoms with van der Waals surface area (Å²) >= 11 is 0. The number of nitrogens with zero attached hydrogens (tertiary/aromatic N) is 4. The second kappa shape index (κ2) is 7.50. The van der Waals surface area contributed by atoms with Gasteiger partial charge in [0, 0.05) is 23.5 Å². The van der Waals surface area contributed by atoms with E-state index in [4.69, 9.17) is 9.98 Å². The number of aryl methyl sites for hydroxylation is 2. The molecule has 0 atom stereocenters. The summed E-state index contributed by atoms with van der Waals surface area (Å²) in [4.78, 5) is 18.2. The van der Waals surface area contributed by atoms with Crippen molar-refractivity contribution in [2.24, 2.45) is 9.98 Å². The van der Waals surface area contributed by atoms with E-state index >= 15 is 0 Å². The molecule has 0 unspecified atom stereocenters. The smallest absolute Gasteiger partial charge is 0.164 e. The first-order valence-electron chi connectivity index (χ1n) is 9.21. The van der Waals surface area contributed by atoms with Crippen LogP contribution in [-0.2, 0) is 12.8 Å². The maximum absolute atomic E-state index is 4.73. The Bertz CT molecular complexity index is 1040. The molecule has 0 amide bonds. The maximum Gasteiger partial charge on any atom is 0.164 e. The standard InChI is InChI=1S/C22H21N5/c1-3-15-9-11-23-19(13-15)25-21-17-7-5-6-8-18(17)22(27-21)26-20-14-16(4-2)10-12-24-20/h5-14H,3-4H2,1-2H3,(H,23,24,25,26,27). The third-order valence-electron chi connectivity index (χ3n) is 4.56. The number of benzene rings is 1. The van der Waals surface area contributed by atoms with Gasteiger partial charge in [0.25, 0.3) is 0 Å². The number of fused-ring (bicyclic) bond motifs is 1. The minimum absolute atomic E-state index is 0.667. The van der Waals surface area contributed by atoms with E-state index in [2.05, 4.69) is 29.1 Å². The van der Waals surface area contributed by atoms with Crippen molar-refractivity contribution >= 4 is 23.3 Å². The largest absolute Gasteiger partial charge is 0.324 e. The van der Waals surface area contributed by atoms with Crippen molar-refractivity contribution in [3.8, 4) is 0 Å². The van der Waals surface area contributed by atoms with Crippen molar-refractivity contribution in [2.45, 2.75) is 26.7 Å². The SMILES string of the molecule is CCc1ccnc(N=C2N=C(Nc3cc(CC)ccn3)c3ccccc32)c1. The minimum Gasteiger partial charge on any atom is -0.324 e. The summed E-state index contributed by atoms with van der Waals surface area (Å²) in [5, 5.41) is 3.35. The van der Waals surface area contributed by atoms with Gasteiger partial charge in [0.05, 0.1) is 0 Å². The number of nitrogens with one attached hydrogen (secondary N) is 1. The highest BCUT2D eigenvalue weighted by Gasteiger charge is 2.21. The molecule has 4 rings (SSSR count). The molecular weight excluding hydrogens is 334 g/mol. The van der Waals surface area contributed by atoms with Gasteiger partial charge in [0.2, 0.25) is 0 Å². The normalized spacial score (nSPS) is 14.1. The Hall–Kier alpha value is -3.34. The molecule has 1 N–H and O–H groups in total. The van der Waals surface area contributed by atoms with E-state index in [0.29, 0.717) is 11.7 Å². The number of amidine groups is 2. The van der Waals surface area contributed by atoms with Crippen LogP contribution in [0.2, 0.25) is 0 Å². The molecule has 0 fully saturated rings. The third kappa shape index (κ3) is 3.62. The summed E-state index contributed by atoms with van der Waals surface area (Å²) in [6.45, 7) is 4.25. The number of rotatable bonds is 4. The summed E-state index contributed by atoms with van der Waals surface area (Å²) in [7, 11) is 0. The van der Waals surface area contributed by atoms with Gasteiger partial charge < -0.3 is 5.32 Å². The van der Waals surface area contributed by atoms with Crippen LogP contribution in [0.1, 0.15) is 36.1 Å².